The van der Waals surface area contributed by atoms with Gasteiger partial charge < -0.3 is 10.6 Å². The molecule has 2 amide bonds. The van der Waals surface area contributed by atoms with Gasteiger partial charge in [-0.3, -0.25) is 14.7 Å². The lowest BCUT2D eigenvalue weighted by molar-refractivity contribution is -0.123. The van der Waals surface area contributed by atoms with E-state index >= 15 is 0 Å². The molecule has 1 aliphatic carbocycles. The number of carbonyl (C=O) groups excluding carboxylic acids is 2. The first-order valence-electron chi connectivity index (χ1n) is 8.43. The number of fused-ring (bicyclic) bond motifs is 1. The second-order valence-electron chi connectivity index (χ2n) is 6.46. The molecular weight excluding hydrogens is 304 g/mol. The molecule has 2 heterocycles. The summed E-state index contributed by atoms with van der Waals surface area (Å²) >= 11 is 0. The summed E-state index contributed by atoms with van der Waals surface area (Å²) in [7, 11) is 0. The van der Waals surface area contributed by atoms with Crippen molar-refractivity contribution in [1.82, 2.24) is 20.8 Å². The van der Waals surface area contributed by atoms with Crippen LogP contribution >= 0.6 is 0 Å². The first kappa shape index (κ1) is 14.9. The van der Waals surface area contributed by atoms with Crippen LogP contribution in [0, 0.1) is 0 Å². The summed E-state index contributed by atoms with van der Waals surface area (Å²) in [6.45, 7) is 0. The van der Waals surface area contributed by atoms with E-state index < -0.39 is 0 Å². The number of benzene rings is 1. The van der Waals surface area contributed by atoms with Crippen molar-refractivity contribution in [3.63, 3.8) is 0 Å². The molecule has 0 unspecified atom stereocenters. The highest BCUT2D eigenvalue weighted by atomic mass is 16.2. The Bertz CT molecular complexity index is 769. The lowest BCUT2D eigenvalue weighted by Crippen LogP contribution is -2.50. The fourth-order valence-corrected chi connectivity index (χ4v) is 3.67. The Balaban J connectivity index is 1.55. The van der Waals surface area contributed by atoms with E-state index in [0.717, 1.165) is 36.1 Å². The zero-order valence-corrected chi connectivity index (χ0v) is 13.3. The third-order valence-electron chi connectivity index (χ3n) is 4.90. The predicted octanol–water partition coefficient (Wildman–Crippen LogP) is 1.65. The lowest BCUT2D eigenvalue weighted by Gasteiger charge is -2.33. The van der Waals surface area contributed by atoms with Gasteiger partial charge in [-0.25, -0.2) is 0 Å². The third kappa shape index (κ3) is 2.68. The second-order valence-corrected chi connectivity index (χ2v) is 6.46. The molecule has 0 bridgehead atoms. The lowest BCUT2D eigenvalue weighted by atomic mass is 9.91. The van der Waals surface area contributed by atoms with Gasteiger partial charge in [0.25, 0.3) is 5.91 Å². The van der Waals surface area contributed by atoms with Crippen molar-refractivity contribution < 1.29 is 9.59 Å². The van der Waals surface area contributed by atoms with E-state index in [4.69, 9.17) is 0 Å². The van der Waals surface area contributed by atoms with E-state index in [1.165, 1.54) is 0 Å². The fraction of sp³-hybridized carbons (Fsp3) is 0.389. The molecule has 6 heteroatoms. The number of rotatable bonds is 3. The number of aryl methyl sites for hydroxylation is 1. The Kier molecular flexibility index (Phi) is 3.80. The van der Waals surface area contributed by atoms with Gasteiger partial charge in [-0.2, -0.15) is 5.10 Å². The highest BCUT2D eigenvalue weighted by Crippen LogP contribution is 2.26. The molecule has 1 fully saturated rings. The van der Waals surface area contributed by atoms with Crippen molar-refractivity contribution in [2.45, 2.75) is 44.2 Å². The van der Waals surface area contributed by atoms with Crippen LogP contribution in [0.2, 0.25) is 0 Å². The fourth-order valence-electron chi connectivity index (χ4n) is 3.67. The molecule has 1 saturated heterocycles. The molecule has 0 spiro atoms. The Hall–Kier alpha value is -2.63. The zero-order valence-electron chi connectivity index (χ0n) is 13.3. The monoisotopic (exact) mass is 324 g/mol. The second kappa shape index (κ2) is 6.11. The Morgan fingerprint density at radius 2 is 2.00 bits per heavy atom. The molecule has 2 aromatic rings. The number of amides is 2. The smallest absolute Gasteiger partial charge is 0.272 e. The number of hydrogen-bond donors (Lipinski definition) is 3. The summed E-state index contributed by atoms with van der Waals surface area (Å²) in [6.07, 6.45) is 3.98. The van der Waals surface area contributed by atoms with Crippen LogP contribution in [0.1, 0.15) is 52.6 Å². The van der Waals surface area contributed by atoms with Gasteiger partial charge in [-0.1, -0.05) is 30.3 Å². The van der Waals surface area contributed by atoms with Gasteiger partial charge in [0.15, 0.2) is 5.69 Å². The summed E-state index contributed by atoms with van der Waals surface area (Å²) < 4.78 is 0. The quantitative estimate of drug-likeness (QED) is 0.802. The molecule has 3 N–H and O–H groups in total. The number of aromatic amines is 1. The Morgan fingerprint density at radius 3 is 2.83 bits per heavy atom. The first-order chi connectivity index (χ1) is 11.7. The van der Waals surface area contributed by atoms with Crippen LogP contribution in [0.5, 0.6) is 0 Å². The van der Waals surface area contributed by atoms with E-state index in [9.17, 15) is 9.59 Å². The maximum Gasteiger partial charge on any atom is 0.272 e. The predicted molar refractivity (Wildman–Crippen MR) is 88.4 cm³/mol. The molecule has 0 saturated carbocycles. The summed E-state index contributed by atoms with van der Waals surface area (Å²) in [6, 6.07) is 9.43. The minimum absolute atomic E-state index is 0.0232. The van der Waals surface area contributed by atoms with Crippen LogP contribution in [0.15, 0.2) is 30.3 Å². The van der Waals surface area contributed by atoms with E-state index in [2.05, 4.69) is 20.8 Å². The average molecular weight is 324 g/mol. The highest BCUT2D eigenvalue weighted by molar-refractivity contribution is 5.94. The van der Waals surface area contributed by atoms with Crippen molar-refractivity contribution >= 4 is 11.8 Å². The van der Waals surface area contributed by atoms with Crippen LogP contribution in [-0.2, 0) is 17.6 Å². The third-order valence-corrected chi connectivity index (χ3v) is 4.90. The van der Waals surface area contributed by atoms with Crippen molar-refractivity contribution in [3.8, 4) is 0 Å². The van der Waals surface area contributed by atoms with Crippen molar-refractivity contribution in [3.05, 3.63) is 52.8 Å². The summed E-state index contributed by atoms with van der Waals surface area (Å²) in [5.41, 5.74) is 3.63. The molecule has 1 aromatic carbocycles. The maximum absolute atomic E-state index is 12.7. The van der Waals surface area contributed by atoms with Gasteiger partial charge in [0.1, 0.15) is 0 Å². The number of piperidine rings is 1. The summed E-state index contributed by atoms with van der Waals surface area (Å²) in [5, 5.41) is 13.3. The number of H-pyrrole nitrogens is 1. The molecule has 1 aliphatic heterocycles. The van der Waals surface area contributed by atoms with Gasteiger partial charge >= 0.3 is 0 Å². The first-order valence-corrected chi connectivity index (χ1v) is 8.43. The van der Waals surface area contributed by atoms with Gasteiger partial charge in [-0.05, 0) is 31.2 Å². The molecule has 6 nitrogen and oxygen atoms in total. The van der Waals surface area contributed by atoms with Gasteiger partial charge in [-0.15, -0.1) is 0 Å². The van der Waals surface area contributed by atoms with E-state index in [0.29, 0.717) is 18.5 Å². The SMILES string of the molecule is O=C1CC[C@@H](NC(=O)c2n[nH]c3c2CCC3)[C@H](c2ccccc2)N1. The number of aromatic nitrogens is 2. The molecule has 4 rings (SSSR count). The zero-order chi connectivity index (χ0) is 16.5. The van der Waals surface area contributed by atoms with Crippen molar-refractivity contribution in [2.24, 2.45) is 0 Å². The standard InChI is InChI=1S/C18H20N4O2/c23-15-10-9-14(16(20-15)11-5-2-1-3-6-11)19-18(24)17-12-7-4-8-13(12)21-22-17/h1-3,5-6,14,16H,4,7-10H2,(H,19,24)(H,20,23)(H,21,22)/t14-,16+/m1/s1. The van der Waals surface area contributed by atoms with Crippen molar-refractivity contribution in [2.75, 3.05) is 0 Å². The molecular formula is C18H20N4O2. The normalized spacial score (nSPS) is 22.8. The van der Waals surface area contributed by atoms with Gasteiger partial charge in [0.2, 0.25) is 5.91 Å². The average Bonchev–Trinajstić information content (AvgIpc) is 3.20. The molecule has 124 valence electrons. The largest absolute Gasteiger partial charge is 0.347 e. The van der Waals surface area contributed by atoms with Crippen LogP contribution in [-0.4, -0.2) is 28.1 Å². The number of hydrogen-bond acceptors (Lipinski definition) is 3. The Morgan fingerprint density at radius 1 is 1.17 bits per heavy atom. The summed E-state index contributed by atoms with van der Waals surface area (Å²) in [4.78, 5) is 24.5. The molecule has 24 heavy (non-hydrogen) atoms. The van der Waals surface area contributed by atoms with E-state index in [1.807, 2.05) is 30.3 Å². The number of nitrogens with zero attached hydrogens (tertiary/aromatic N) is 1. The van der Waals surface area contributed by atoms with Gasteiger partial charge in [0.05, 0.1) is 12.1 Å². The molecule has 0 radical (unpaired) electrons. The van der Waals surface area contributed by atoms with E-state index in [1.54, 1.807) is 0 Å². The van der Waals surface area contributed by atoms with E-state index in [-0.39, 0.29) is 23.9 Å². The number of carbonyl (C=O) groups is 2. The minimum atomic E-state index is -0.205. The maximum atomic E-state index is 12.7. The minimum Gasteiger partial charge on any atom is -0.347 e. The molecule has 2 atom stereocenters. The topological polar surface area (TPSA) is 86.9 Å². The van der Waals surface area contributed by atoms with Crippen molar-refractivity contribution in [1.29, 1.82) is 0 Å². The van der Waals surface area contributed by atoms with Crippen LogP contribution in [0.25, 0.3) is 0 Å². The highest BCUT2D eigenvalue weighted by Gasteiger charge is 2.32. The van der Waals surface area contributed by atoms with Crippen LogP contribution < -0.4 is 10.6 Å². The Labute approximate surface area is 140 Å². The van der Waals surface area contributed by atoms with Crippen LogP contribution in [0.4, 0.5) is 0 Å². The van der Waals surface area contributed by atoms with Crippen LogP contribution in [0.3, 0.4) is 0 Å². The molecule has 1 aromatic heterocycles. The molecule has 2 aliphatic rings. The number of nitrogens with one attached hydrogen (secondary N) is 3. The summed E-state index contributed by atoms with van der Waals surface area (Å²) in [5.74, 6) is -0.133. The van der Waals surface area contributed by atoms with Gasteiger partial charge in [0, 0.05) is 17.7 Å².